The lowest BCUT2D eigenvalue weighted by molar-refractivity contribution is -0.161. The van der Waals surface area contributed by atoms with Gasteiger partial charge in [-0.1, -0.05) is 148 Å². The van der Waals surface area contributed by atoms with Gasteiger partial charge < -0.3 is 25.2 Å². The molecule has 0 rings (SSSR count). The maximum absolute atomic E-state index is 12.6. The number of phosphoric ester groups is 1. The van der Waals surface area contributed by atoms with Crippen LogP contribution in [-0.4, -0.2) is 59.9 Å². The van der Waals surface area contributed by atoms with E-state index in [2.05, 4.69) is 116 Å². The number of rotatable bonds is 38. The number of carbonyl (C=O) groups is 3. The quantitative estimate of drug-likeness (QED) is 0.0233. The highest BCUT2D eigenvalue weighted by molar-refractivity contribution is 7.47. The second-order valence-electron chi connectivity index (χ2n) is 13.7. The van der Waals surface area contributed by atoms with Crippen molar-refractivity contribution in [2.75, 3.05) is 19.8 Å². The van der Waals surface area contributed by atoms with Gasteiger partial charge in [-0.3, -0.25) is 23.4 Å². The number of carboxylic acid groups (broad SMARTS) is 1. The number of carboxylic acids is 1. The topological polar surface area (TPSA) is 172 Å². The smallest absolute Gasteiger partial charge is 0.472 e. The molecule has 60 heavy (non-hydrogen) atoms. The second-order valence-corrected chi connectivity index (χ2v) is 15.2. The van der Waals surface area contributed by atoms with Crippen LogP contribution in [0.4, 0.5) is 0 Å². The Hall–Kier alpha value is -4.12. The van der Waals surface area contributed by atoms with Gasteiger partial charge in [-0.25, -0.2) is 4.57 Å². The molecule has 0 spiro atoms. The summed E-state index contributed by atoms with van der Waals surface area (Å²) in [6.07, 6.45) is 55.7. The van der Waals surface area contributed by atoms with E-state index < -0.39 is 57.7 Å². The molecule has 4 N–H and O–H groups in total. The molecule has 0 aliphatic rings. The third-order valence-electron chi connectivity index (χ3n) is 8.21. The first-order valence-electron chi connectivity index (χ1n) is 21.6. The number of allylic oxidation sites excluding steroid dienone is 20. The summed E-state index contributed by atoms with van der Waals surface area (Å²) < 4.78 is 32.5. The summed E-state index contributed by atoms with van der Waals surface area (Å²) in [4.78, 5) is 45.9. The van der Waals surface area contributed by atoms with Crippen molar-refractivity contribution in [3.05, 3.63) is 122 Å². The van der Waals surface area contributed by atoms with E-state index >= 15 is 0 Å². The molecule has 0 aromatic heterocycles. The van der Waals surface area contributed by atoms with E-state index in [0.29, 0.717) is 19.3 Å². The molecule has 1 unspecified atom stereocenters. The third kappa shape index (κ3) is 40.7. The summed E-state index contributed by atoms with van der Waals surface area (Å²) in [6.45, 7) is 2.50. The molecule has 0 heterocycles. The van der Waals surface area contributed by atoms with Crippen LogP contribution in [0.5, 0.6) is 0 Å². The first-order valence-corrected chi connectivity index (χ1v) is 23.1. The van der Waals surface area contributed by atoms with Gasteiger partial charge in [-0.05, 0) is 89.9 Å². The fraction of sp³-hybridized carbons (Fsp3) is 0.521. The van der Waals surface area contributed by atoms with Crippen molar-refractivity contribution in [1.82, 2.24) is 0 Å². The van der Waals surface area contributed by atoms with Crippen LogP contribution in [0.2, 0.25) is 0 Å². The molecule has 0 bridgehead atoms. The number of esters is 2. The van der Waals surface area contributed by atoms with Crippen molar-refractivity contribution in [1.29, 1.82) is 0 Å². The summed E-state index contributed by atoms with van der Waals surface area (Å²) in [5.74, 6) is -2.58. The predicted molar refractivity (Wildman–Crippen MR) is 244 cm³/mol. The van der Waals surface area contributed by atoms with Crippen LogP contribution in [0.3, 0.4) is 0 Å². The number of hydrogen-bond acceptors (Lipinski definition) is 9. The average molecular weight is 856 g/mol. The maximum Gasteiger partial charge on any atom is 0.472 e. The number of hydrogen-bond donors (Lipinski definition) is 3. The van der Waals surface area contributed by atoms with Gasteiger partial charge in [0.1, 0.15) is 12.6 Å². The Bertz CT molecular complexity index is 1470. The normalized spacial score (nSPS) is 14.9. The number of phosphoric acid groups is 1. The highest BCUT2D eigenvalue weighted by atomic mass is 31.2. The van der Waals surface area contributed by atoms with Crippen molar-refractivity contribution in [2.45, 2.75) is 142 Å². The van der Waals surface area contributed by atoms with E-state index in [9.17, 15) is 23.8 Å². The van der Waals surface area contributed by atoms with Crippen LogP contribution in [-0.2, 0) is 37.5 Å². The Morgan fingerprint density at radius 3 is 1.40 bits per heavy atom. The molecule has 3 atom stereocenters. The van der Waals surface area contributed by atoms with Gasteiger partial charge in [0.15, 0.2) is 6.10 Å². The number of ether oxygens (including phenoxy) is 2. The number of aliphatic carboxylic acids is 1. The lowest BCUT2D eigenvalue weighted by atomic mass is 10.2. The Labute approximate surface area is 360 Å². The van der Waals surface area contributed by atoms with Gasteiger partial charge in [0, 0.05) is 12.8 Å². The first kappa shape index (κ1) is 55.9. The standard InChI is InChI=1S/C48H74NO10P/c1-3-5-7-9-11-13-15-17-19-21-22-24-25-27-29-31-33-35-37-39-46(50)56-41-44(42-57-60(54,55)58-43-45(49)48(52)53)59-47(51)40-38-36-34-32-30-28-26-23-20-18-16-14-12-10-8-6-4-2/h6,8,11-14,17-20,22,24,26-29,32-35,44-45H,3-5,7,9-10,15-16,21,23,25,30-31,36-43,49H2,1-2H3,(H,52,53)(H,54,55)/b8-6-,13-11-,14-12-,19-17-,20-18-,24-22-,28-26-,29-27-,34-32-,35-33-/t44-,45+/m1/s1. The third-order valence-corrected chi connectivity index (χ3v) is 9.16. The summed E-state index contributed by atoms with van der Waals surface area (Å²) in [5, 5.41) is 8.89. The summed E-state index contributed by atoms with van der Waals surface area (Å²) in [6, 6.07) is -1.55. The lowest BCUT2D eigenvalue weighted by Gasteiger charge is -2.20. The average Bonchev–Trinajstić information content (AvgIpc) is 3.22. The molecule has 0 saturated carbocycles. The van der Waals surface area contributed by atoms with E-state index in [1.807, 2.05) is 24.3 Å². The molecule has 336 valence electrons. The van der Waals surface area contributed by atoms with Gasteiger partial charge in [-0.2, -0.15) is 0 Å². The Morgan fingerprint density at radius 2 is 0.950 bits per heavy atom. The second kappa shape index (κ2) is 41.6. The predicted octanol–water partition coefficient (Wildman–Crippen LogP) is 11.6. The number of unbranched alkanes of at least 4 members (excludes halogenated alkanes) is 4. The van der Waals surface area contributed by atoms with Crippen LogP contribution >= 0.6 is 7.82 Å². The molecule has 0 aliphatic carbocycles. The zero-order chi connectivity index (χ0) is 44.2. The molecule has 0 aliphatic heterocycles. The summed E-state index contributed by atoms with van der Waals surface area (Å²) >= 11 is 0. The zero-order valence-electron chi connectivity index (χ0n) is 36.2. The van der Waals surface area contributed by atoms with E-state index in [4.69, 9.17) is 24.8 Å². The van der Waals surface area contributed by atoms with Crippen LogP contribution in [0, 0.1) is 0 Å². The van der Waals surface area contributed by atoms with Crippen molar-refractivity contribution in [3.63, 3.8) is 0 Å². The largest absolute Gasteiger partial charge is 0.480 e. The van der Waals surface area contributed by atoms with E-state index in [0.717, 1.165) is 64.2 Å². The molecular weight excluding hydrogens is 781 g/mol. The Balaban J connectivity index is 4.62. The van der Waals surface area contributed by atoms with E-state index in [1.165, 1.54) is 19.3 Å². The van der Waals surface area contributed by atoms with Crippen LogP contribution in [0.25, 0.3) is 0 Å². The minimum absolute atomic E-state index is 0.0593. The molecule has 0 saturated heterocycles. The minimum Gasteiger partial charge on any atom is -0.480 e. The van der Waals surface area contributed by atoms with Gasteiger partial charge in [-0.15, -0.1) is 0 Å². The molecule has 0 fully saturated rings. The SMILES string of the molecule is CC/C=C\C/C=C\C/C=C\C/C=C\C/C=C\CCCC(=O)O[C@H](COC(=O)CC/C=C\C/C=C\C/C=C\C/C=C\C/C=C\CCCCC)COP(=O)(O)OC[C@H](N)C(=O)O. The van der Waals surface area contributed by atoms with Gasteiger partial charge >= 0.3 is 25.7 Å². The fourth-order valence-corrected chi connectivity index (χ4v) is 5.62. The molecule has 0 radical (unpaired) electrons. The van der Waals surface area contributed by atoms with Crippen LogP contribution in [0.1, 0.15) is 129 Å². The number of carbonyl (C=O) groups excluding carboxylic acids is 2. The Morgan fingerprint density at radius 1 is 0.533 bits per heavy atom. The van der Waals surface area contributed by atoms with Crippen molar-refractivity contribution in [3.8, 4) is 0 Å². The van der Waals surface area contributed by atoms with Crippen molar-refractivity contribution < 1.29 is 47.5 Å². The maximum atomic E-state index is 12.6. The molecular formula is C48H74NO10P. The van der Waals surface area contributed by atoms with Crippen molar-refractivity contribution in [2.24, 2.45) is 5.73 Å². The highest BCUT2D eigenvalue weighted by Gasteiger charge is 2.28. The van der Waals surface area contributed by atoms with Crippen LogP contribution in [0.15, 0.2) is 122 Å². The fourth-order valence-electron chi connectivity index (χ4n) is 4.85. The lowest BCUT2D eigenvalue weighted by Crippen LogP contribution is -2.34. The first-order chi connectivity index (χ1) is 29.1. The molecule has 0 amide bonds. The van der Waals surface area contributed by atoms with Gasteiger partial charge in [0.05, 0.1) is 13.2 Å². The molecule has 0 aromatic rings. The van der Waals surface area contributed by atoms with Crippen LogP contribution < -0.4 is 5.73 Å². The molecule has 11 nitrogen and oxygen atoms in total. The van der Waals surface area contributed by atoms with Gasteiger partial charge in [0.25, 0.3) is 0 Å². The minimum atomic E-state index is -4.76. The monoisotopic (exact) mass is 856 g/mol. The van der Waals surface area contributed by atoms with Crippen molar-refractivity contribution >= 4 is 25.7 Å². The summed E-state index contributed by atoms with van der Waals surface area (Å²) in [5.41, 5.74) is 5.32. The summed E-state index contributed by atoms with van der Waals surface area (Å²) in [7, 11) is -4.76. The van der Waals surface area contributed by atoms with E-state index in [1.54, 1.807) is 0 Å². The number of nitrogens with two attached hydrogens (primary N) is 1. The van der Waals surface area contributed by atoms with Gasteiger partial charge in [0.2, 0.25) is 0 Å². The molecule has 0 aromatic carbocycles. The molecule has 12 heteroatoms. The Kier molecular flexibility index (Phi) is 38.8. The zero-order valence-corrected chi connectivity index (χ0v) is 37.1. The van der Waals surface area contributed by atoms with E-state index in [-0.39, 0.29) is 12.8 Å². The highest BCUT2D eigenvalue weighted by Crippen LogP contribution is 2.43.